The van der Waals surface area contributed by atoms with Crippen LogP contribution < -0.4 is 10.6 Å². The molecule has 4 aliphatic heterocycles. The summed E-state index contributed by atoms with van der Waals surface area (Å²) in [5, 5.41) is 10.8. The van der Waals surface area contributed by atoms with Crippen molar-refractivity contribution in [1.29, 1.82) is 0 Å². The maximum atomic E-state index is 4.08. The molecule has 4 saturated heterocycles. The summed E-state index contributed by atoms with van der Waals surface area (Å²) in [6.07, 6.45) is 6.84. The minimum Gasteiger partial charge on any atom is -0.316 e. The lowest BCUT2D eigenvalue weighted by atomic mass is 9.53. The van der Waals surface area contributed by atoms with Crippen LogP contribution in [0.25, 0.3) is 20.2 Å². The molecule has 184 valence electrons. The van der Waals surface area contributed by atoms with Crippen LogP contribution >= 0.6 is 11.3 Å². The van der Waals surface area contributed by atoms with E-state index >= 15 is 0 Å². The molecular weight excluding hydrogens is 446 g/mol. The molecule has 2 N–H and O–H groups in total. The molecule has 1 aromatic heterocycles. The summed E-state index contributed by atoms with van der Waals surface area (Å²) in [4.78, 5) is 3.13. The highest BCUT2D eigenvalue weighted by Gasteiger charge is 2.64. The lowest BCUT2D eigenvalue weighted by molar-refractivity contribution is -0.121. The van der Waals surface area contributed by atoms with E-state index < -0.39 is 0 Å². The van der Waals surface area contributed by atoms with Crippen LogP contribution in [-0.4, -0.2) is 48.7 Å². The maximum Gasteiger partial charge on any atom is 0.0355 e. The Kier molecular flexibility index (Phi) is 4.80. The van der Waals surface area contributed by atoms with Gasteiger partial charge in [-0.2, -0.15) is 0 Å². The third kappa shape index (κ3) is 3.00. The van der Waals surface area contributed by atoms with Crippen molar-refractivity contribution < 1.29 is 0 Å². The van der Waals surface area contributed by atoms with Gasteiger partial charge >= 0.3 is 0 Å². The minimum absolute atomic E-state index is 0.392. The van der Waals surface area contributed by atoms with Gasteiger partial charge in [0.25, 0.3) is 0 Å². The molecule has 2 aromatic carbocycles. The number of thiophene rings is 1. The predicted octanol–water partition coefficient (Wildman–Crippen LogP) is 5.99. The van der Waals surface area contributed by atoms with Crippen LogP contribution in [0.3, 0.4) is 0 Å². The summed E-state index contributed by atoms with van der Waals surface area (Å²) in [6.45, 7) is 8.93. The molecule has 35 heavy (non-hydrogen) atoms. The van der Waals surface area contributed by atoms with Gasteiger partial charge in [0.2, 0.25) is 0 Å². The minimum atomic E-state index is 0.392. The average molecular weight is 486 g/mol. The lowest BCUT2D eigenvalue weighted by Crippen LogP contribution is -2.67. The summed E-state index contributed by atoms with van der Waals surface area (Å²) >= 11 is 1.95. The van der Waals surface area contributed by atoms with Crippen molar-refractivity contribution in [3.63, 3.8) is 0 Å². The molecule has 5 heterocycles. The predicted molar refractivity (Wildman–Crippen MR) is 147 cm³/mol. The van der Waals surface area contributed by atoms with Crippen LogP contribution in [0.4, 0.5) is 0 Å². The summed E-state index contributed by atoms with van der Waals surface area (Å²) in [5.74, 6) is 3.05. The Labute approximate surface area is 213 Å². The molecular formula is C31H39N3S. The van der Waals surface area contributed by atoms with Gasteiger partial charge in [0.15, 0.2) is 0 Å². The molecule has 0 bridgehead atoms. The fraction of sp³-hybridized carbons (Fsp3) is 0.613. The van der Waals surface area contributed by atoms with Crippen molar-refractivity contribution >= 4 is 31.5 Å². The molecule has 8 atom stereocenters. The molecule has 0 radical (unpaired) electrons. The van der Waals surface area contributed by atoms with Crippen LogP contribution in [0.15, 0.2) is 42.5 Å². The van der Waals surface area contributed by atoms with Gasteiger partial charge in [0.05, 0.1) is 0 Å². The number of piperidine rings is 3. The zero-order valence-electron chi connectivity index (χ0n) is 21.2. The number of fused-ring (bicyclic) bond motifs is 8. The fourth-order valence-electron chi connectivity index (χ4n) is 9.70. The smallest absolute Gasteiger partial charge is 0.0355 e. The van der Waals surface area contributed by atoms with E-state index in [1.54, 1.807) is 5.56 Å². The van der Waals surface area contributed by atoms with Gasteiger partial charge in [0.1, 0.15) is 0 Å². The number of rotatable bonds is 1. The Morgan fingerprint density at radius 2 is 1.80 bits per heavy atom. The maximum absolute atomic E-state index is 4.08. The Balaban J connectivity index is 1.23. The fourth-order valence-corrected chi connectivity index (χ4v) is 10.8. The summed E-state index contributed by atoms with van der Waals surface area (Å²) in [7, 11) is 0. The summed E-state index contributed by atoms with van der Waals surface area (Å²) in [6, 6.07) is 19.5. The normalized spacial score (nSPS) is 40.4. The Morgan fingerprint density at radius 1 is 0.914 bits per heavy atom. The Hall–Kier alpha value is -1.46. The molecule has 1 saturated carbocycles. The van der Waals surface area contributed by atoms with Crippen LogP contribution in [0.1, 0.15) is 57.4 Å². The molecule has 1 aliphatic carbocycles. The highest BCUT2D eigenvalue weighted by Crippen LogP contribution is 2.61. The summed E-state index contributed by atoms with van der Waals surface area (Å²) < 4.78 is 2.87. The van der Waals surface area contributed by atoms with Crippen molar-refractivity contribution in [2.75, 3.05) is 19.6 Å². The van der Waals surface area contributed by atoms with E-state index in [0.29, 0.717) is 17.4 Å². The van der Waals surface area contributed by atoms with Gasteiger partial charge in [-0.05, 0) is 105 Å². The molecule has 3 nitrogen and oxygen atoms in total. The number of benzene rings is 2. The van der Waals surface area contributed by atoms with Gasteiger partial charge in [-0.1, -0.05) is 38.1 Å². The lowest BCUT2D eigenvalue weighted by Gasteiger charge is -2.62. The van der Waals surface area contributed by atoms with Gasteiger partial charge in [-0.3, -0.25) is 4.90 Å². The molecule has 4 heteroatoms. The largest absolute Gasteiger partial charge is 0.316 e. The zero-order chi connectivity index (χ0) is 23.3. The number of nitrogens with zero attached hydrogens (tertiary/aromatic N) is 1. The average Bonchev–Trinajstić information content (AvgIpc) is 3.43. The molecule has 3 aromatic rings. The standard InChI is InChI=1S/C31H39N3S/c1-31(2)23-16-19(18-9-10-28-21(14-18)20-6-3-4-8-27(20)35-28)15-22-29-26(7-5-12-33-29)34(30(22)23)25-11-13-32-17-24(25)31/h3-4,6,8-10,14,19,22-26,29-30,32-33H,5,7,11-13,15-17H2,1-2H3. The van der Waals surface area contributed by atoms with E-state index in [4.69, 9.17) is 0 Å². The third-order valence-corrected chi connectivity index (χ3v) is 12.4. The van der Waals surface area contributed by atoms with Crippen LogP contribution in [0.5, 0.6) is 0 Å². The first-order valence-electron chi connectivity index (χ1n) is 14.2. The highest BCUT2D eigenvalue weighted by molar-refractivity contribution is 7.25. The van der Waals surface area contributed by atoms with E-state index in [9.17, 15) is 0 Å². The van der Waals surface area contributed by atoms with E-state index in [1.165, 1.54) is 71.9 Å². The quantitative estimate of drug-likeness (QED) is 0.444. The second kappa shape index (κ2) is 7.77. The van der Waals surface area contributed by atoms with Crippen molar-refractivity contribution in [2.45, 2.75) is 76.0 Å². The molecule has 0 amide bonds. The molecule has 5 fully saturated rings. The van der Waals surface area contributed by atoms with Crippen LogP contribution in [-0.2, 0) is 0 Å². The van der Waals surface area contributed by atoms with E-state index in [0.717, 1.165) is 35.9 Å². The van der Waals surface area contributed by atoms with Crippen molar-refractivity contribution in [3.8, 4) is 0 Å². The zero-order valence-corrected chi connectivity index (χ0v) is 22.0. The van der Waals surface area contributed by atoms with Crippen molar-refractivity contribution in [3.05, 3.63) is 48.0 Å². The Bertz CT molecular complexity index is 1280. The molecule has 8 unspecified atom stereocenters. The van der Waals surface area contributed by atoms with Gasteiger partial charge in [-0.25, -0.2) is 0 Å². The second-order valence-corrected chi connectivity index (χ2v) is 14.0. The van der Waals surface area contributed by atoms with Gasteiger partial charge < -0.3 is 10.6 Å². The van der Waals surface area contributed by atoms with Crippen LogP contribution in [0, 0.1) is 23.2 Å². The molecule has 0 spiro atoms. The first-order chi connectivity index (χ1) is 17.1. The number of hydrogen-bond acceptors (Lipinski definition) is 4. The molecule has 5 aliphatic rings. The van der Waals surface area contributed by atoms with Gasteiger partial charge in [-0.15, -0.1) is 11.3 Å². The number of nitrogens with one attached hydrogen (secondary N) is 2. The SMILES string of the molecule is CC1(C)C2CNCCC2N2C3CCCNC3C3CC(c4ccc5sc6ccccc6c5c4)CC1C32. The van der Waals surface area contributed by atoms with Crippen LogP contribution in [0.2, 0.25) is 0 Å². The van der Waals surface area contributed by atoms with E-state index in [2.05, 4.69) is 71.8 Å². The molecule has 8 rings (SSSR count). The Morgan fingerprint density at radius 3 is 2.74 bits per heavy atom. The topological polar surface area (TPSA) is 27.3 Å². The van der Waals surface area contributed by atoms with Crippen molar-refractivity contribution in [1.82, 2.24) is 15.5 Å². The highest BCUT2D eigenvalue weighted by atomic mass is 32.1. The third-order valence-electron chi connectivity index (χ3n) is 11.2. The van der Waals surface area contributed by atoms with Crippen molar-refractivity contribution in [2.24, 2.45) is 23.2 Å². The monoisotopic (exact) mass is 485 g/mol. The van der Waals surface area contributed by atoms with E-state index in [-0.39, 0.29) is 0 Å². The first kappa shape index (κ1) is 21.6. The number of hydrogen-bond donors (Lipinski definition) is 2. The summed E-state index contributed by atoms with van der Waals surface area (Å²) in [5.41, 5.74) is 1.99. The first-order valence-corrected chi connectivity index (χ1v) is 15.1. The van der Waals surface area contributed by atoms with E-state index in [1.807, 2.05) is 11.3 Å². The van der Waals surface area contributed by atoms with Gasteiger partial charge in [0, 0.05) is 44.3 Å². The second-order valence-electron chi connectivity index (χ2n) is 12.9.